The maximum Gasteiger partial charge on any atom is 1.00 e. The zero-order valence-corrected chi connectivity index (χ0v) is 12.5. The first-order chi connectivity index (χ1) is 7.29. The number of carboxylic acids is 1. The van der Waals surface area contributed by atoms with Gasteiger partial charge in [0.2, 0.25) is 0 Å². The summed E-state index contributed by atoms with van der Waals surface area (Å²) in [5.74, 6) is -0.686. The molecule has 1 aliphatic rings. The standard InChI is InChI=1S/C12H23NO2.Na.H/c14-12(15)9-6-10-13-11-7-4-2-1-3-5-8-11;;/h11,13H,1-10H2,(H,14,15);;/q;+1;-1. The second-order valence-corrected chi connectivity index (χ2v) is 4.49. The van der Waals surface area contributed by atoms with Gasteiger partial charge in [0.1, 0.15) is 0 Å². The van der Waals surface area contributed by atoms with Crippen LogP contribution in [-0.2, 0) is 4.79 Å². The molecule has 0 bridgehead atoms. The minimum Gasteiger partial charge on any atom is -1.00 e. The Morgan fingerprint density at radius 2 is 1.75 bits per heavy atom. The van der Waals surface area contributed by atoms with Crippen molar-refractivity contribution in [2.75, 3.05) is 6.54 Å². The average molecular weight is 237 g/mol. The molecule has 2 N–H and O–H groups in total. The monoisotopic (exact) mass is 237 g/mol. The molecule has 16 heavy (non-hydrogen) atoms. The van der Waals surface area contributed by atoms with Gasteiger partial charge in [-0.25, -0.2) is 0 Å². The van der Waals surface area contributed by atoms with Gasteiger partial charge in [0.05, 0.1) is 0 Å². The summed E-state index contributed by atoms with van der Waals surface area (Å²) in [7, 11) is 0. The summed E-state index contributed by atoms with van der Waals surface area (Å²) in [5, 5.41) is 12.0. The molecule has 0 aromatic heterocycles. The van der Waals surface area contributed by atoms with Gasteiger partial charge in [-0.05, 0) is 25.8 Å². The summed E-state index contributed by atoms with van der Waals surface area (Å²) in [5.41, 5.74) is 0. The van der Waals surface area contributed by atoms with Gasteiger partial charge in [0.25, 0.3) is 0 Å². The van der Waals surface area contributed by atoms with Crippen LogP contribution in [0.4, 0.5) is 0 Å². The topological polar surface area (TPSA) is 49.3 Å². The van der Waals surface area contributed by atoms with Gasteiger partial charge in [0, 0.05) is 12.5 Å². The SMILES string of the molecule is O=C(O)CCCNC1CCCCCCC1.[H-].[Na+]. The molecule has 0 saturated heterocycles. The Morgan fingerprint density at radius 3 is 2.31 bits per heavy atom. The molecule has 1 rings (SSSR count). The van der Waals surface area contributed by atoms with Gasteiger partial charge < -0.3 is 11.8 Å². The molecule has 0 unspecified atom stereocenters. The van der Waals surface area contributed by atoms with Crippen LogP contribution < -0.4 is 34.9 Å². The summed E-state index contributed by atoms with van der Waals surface area (Å²) in [4.78, 5) is 10.3. The van der Waals surface area contributed by atoms with E-state index in [0.717, 1.165) is 13.0 Å². The van der Waals surface area contributed by atoms with E-state index >= 15 is 0 Å². The number of carboxylic acid groups (broad SMARTS) is 1. The van der Waals surface area contributed by atoms with Crippen molar-refractivity contribution < 1.29 is 40.9 Å². The van der Waals surface area contributed by atoms with Crippen molar-refractivity contribution in [3.8, 4) is 0 Å². The molecule has 3 nitrogen and oxygen atoms in total. The predicted molar refractivity (Wildman–Crippen MR) is 62.1 cm³/mol. The van der Waals surface area contributed by atoms with E-state index in [2.05, 4.69) is 5.32 Å². The van der Waals surface area contributed by atoms with Crippen LogP contribution in [0.15, 0.2) is 0 Å². The van der Waals surface area contributed by atoms with Crippen molar-refractivity contribution >= 4 is 5.97 Å². The van der Waals surface area contributed by atoms with E-state index in [1.807, 2.05) is 0 Å². The third-order valence-electron chi connectivity index (χ3n) is 3.11. The van der Waals surface area contributed by atoms with Crippen molar-refractivity contribution in [1.82, 2.24) is 5.32 Å². The normalized spacial score (nSPS) is 18.2. The summed E-state index contributed by atoms with van der Waals surface area (Å²) in [6.45, 7) is 0.858. The summed E-state index contributed by atoms with van der Waals surface area (Å²) in [6.07, 6.45) is 10.4. The largest absolute Gasteiger partial charge is 1.00 e. The van der Waals surface area contributed by atoms with Crippen molar-refractivity contribution in [3.05, 3.63) is 0 Å². The molecule has 0 radical (unpaired) electrons. The van der Waals surface area contributed by atoms with E-state index in [1.165, 1.54) is 44.9 Å². The van der Waals surface area contributed by atoms with Gasteiger partial charge >= 0.3 is 35.5 Å². The Bertz CT molecular complexity index is 185. The minimum atomic E-state index is -0.686. The second kappa shape index (κ2) is 10.6. The fourth-order valence-corrected chi connectivity index (χ4v) is 2.21. The van der Waals surface area contributed by atoms with Gasteiger partial charge in [-0.1, -0.05) is 32.1 Å². The van der Waals surface area contributed by atoms with Gasteiger partial charge in [-0.15, -0.1) is 0 Å². The first-order valence-electron chi connectivity index (χ1n) is 6.24. The van der Waals surface area contributed by atoms with Crippen molar-refractivity contribution in [3.63, 3.8) is 0 Å². The molecule has 1 aliphatic carbocycles. The molecule has 0 aromatic carbocycles. The van der Waals surface area contributed by atoms with E-state index < -0.39 is 5.97 Å². The van der Waals surface area contributed by atoms with Crippen molar-refractivity contribution in [1.29, 1.82) is 0 Å². The van der Waals surface area contributed by atoms with E-state index in [9.17, 15) is 4.79 Å². The number of nitrogens with one attached hydrogen (secondary N) is 1. The smallest absolute Gasteiger partial charge is 1.00 e. The fourth-order valence-electron chi connectivity index (χ4n) is 2.21. The number of hydrogen-bond donors (Lipinski definition) is 2. The molecular weight excluding hydrogens is 213 g/mol. The quantitative estimate of drug-likeness (QED) is 0.508. The van der Waals surface area contributed by atoms with E-state index in [0.29, 0.717) is 12.5 Å². The molecule has 0 atom stereocenters. The Balaban J connectivity index is 0. The molecule has 0 amide bonds. The molecule has 0 aliphatic heterocycles. The number of hydrogen-bond acceptors (Lipinski definition) is 2. The van der Waals surface area contributed by atoms with E-state index in [4.69, 9.17) is 5.11 Å². The van der Waals surface area contributed by atoms with Gasteiger partial charge in [-0.2, -0.15) is 0 Å². The molecule has 0 spiro atoms. The van der Waals surface area contributed by atoms with Crippen LogP contribution in [0.1, 0.15) is 59.2 Å². The number of aliphatic carboxylic acids is 1. The molecule has 0 heterocycles. The Morgan fingerprint density at radius 1 is 1.19 bits per heavy atom. The van der Waals surface area contributed by atoms with Crippen LogP contribution >= 0.6 is 0 Å². The van der Waals surface area contributed by atoms with Gasteiger partial charge in [0.15, 0.2) is 0 Å². The van der Waals surface area contributed by atoms with Crippen LogP contribution in [-0.4, -0.2) is 23.7 Å². The van der Waals surface area contributed by atoms with Gasteiger partial charge in [-0.3, -0.25) is 4.79 Å². The average Bonchev–Trinajstić information content (AvgIpc) is 2.14. The minimum absolute atomic E-state index is 0. The molecule has 1 saturated carbocycles. The summed E-state index contributed by atoms with van der Waals surface area (Å²) < 4.78 is 0. The number of rotatable bonds is 5. The zero-order valence-electron chi connectivity index (χ0n) is 11.5. The third-order valence-corrected chi connectivity index (χ3v) is 3.11. The Hall–Kier alpha value is 0.430. The maximum absolute atomic E-state index is 10.3. The predicted octanol–water partition coefficient (Wildman–Crippen LogP) is -0.330. The van der Waals surface area contributed by atoms with Crippen molar-refractivity contribution in [2.24, 2.45) is 0 Å². The van der Waals surface area contributed by atoms with E-state index in [-0.39, 0.29) is 31.0 Å². The van der Waals surface area contributed by atoms with E-state index in [1.54, 1.807) is 0 Å². The maximum atomic E-state index is 10.3. The molecule has 4 heteroatoms. The molecule has 90 valence electrons. The summed E-state index contributed by atoms with van der Waals surface area (Å²) >= 11 is 0. The van der Waals surface area contributed by atoms with Crippen LogP contribution in [0, 0.1) is 0 Å². The molecule has 1 fully saturated rings. The van der Waals surface area contributed by atoms with Crippen LogP contribution in [0.2, 0.25) is 0 Å². The summed E-state index contributed by atoms with van der Waals surface area (Å²) in [6, 6.07) is 0.638. The Kier molecular flexibility index (Phi) is 10.9. The van der Waals surface area contributed by atoms with Crippen LogP contribution in [0.25, 0.3) is 0 Å². The second-order valence-electron chi connectivity index (χ2n) is 4.49. The first kappa shape index (κ1) is 16.4. The first-order valence-corrected chi connectivity index (χ1v) is 6.24. The molecule has 0 aromatic rings. The third kappa shape index (κ3) is 8.57. The van der Waals surface area contributed by atoms with Crippen molar-refractivity contribution in [2.45, 2.75) is 63.8 Å². The fraction of sp³-hybridized carbons (Fsp3) is 0.917. The zero-order chi connectivity index (χ0) is 10.9. The number of carbonyl (C=O) groups is 1. The Labute approximate surface area is 122 Å². The van der Waals surface area contributed by atoms with Crippen LogP contribution in [0.5, 0.6) is 0 Å². The molecular formula is C12H24NNaO2. The van der Waals surface area contributed by atoms with Crippen LogP contribution in [0.3, 0.4) is 0 Å².